The number of esters is 1. The summed E-state index contributed by atoms with van der Waals surface area (Å²) in [5.41, 5.74) is 0.502. The molecule has 7 heteroatoms. The van der Waals surface area contributed by atoms with Crippen LogP contribution in [0.1, 0.15) is 48.5 Å². The summed E-state index contributed by atoms with van der Waals surface area (Å²) in [7, 11) is 0. The van der Waals surface area contributed by atoms with E-state index in [0.29, 0.717) is 11.5 Å². The van der Waals surface area contributed by atoms with Gasteiger partial charge < -0.3 is 10.1 Å². The van der Waals surface area contributed by atoms with Crippen LogP contribution < -0.4 is 5.32 Å². The summed E-state index contributed by atoms with van der Waals surface area (Å²) in [6.45, 7) is 3.31. The number of nitrogens with zero attached hydrogens (tertiary/aromatic N) is 1. The quantitative estimate of drug-likeness (QED) is 0.507. The van der Waals surface area contributed by atoms with Gasteiger partial charge in [0.25, 0.3) is 11.6 Å². The number of carbonyl (C=O) groups is 2. The topological polar surface area (TPSA) is 98.5 Å². The number of aryl methyl sites for hydroxylation is 1. The maximum Gasteiger partial charge on any atom is 0.338 e. The second-order valence-corrected chi connectivity index (χ2v) is 6.27. The van der Waals surface area contributed by atoms with Crippen molar-refractivity contribution in [2.24, 2.45) is 5.92 Å². The highest BCUT2D eigenvalue weighted by atomic mass is 16.6. The second-order valence-electron chi connectivity index (χ2n) is 6.27. The van der Waals surface area contributed by atoms with E-state index in [4.69, 9.17) is 4.74 Å². The number of hydrogen-bond donors (Lipinski definition) is 1. The Hall–Kier alpha value is -2.44. The predicted molar refractivity (Wildman–Crippen MR) is 87.7 cm³/mol. The first-order valence-electron chi connectivity index (χ1n) is 8.10. The normalized spacial score (nSPS) is 20.2. The molecule has 2 atom stereocenters. The van der Waals surface area contributed by atoms with E-state index in [9.17, 15) is 19.7 Å². The van der Waals surface area contributed by atoms with Crippen molar-refractivity contribution in [1.29, 1.82) is 0 Å². The molecular weight excluding hydrogens is 312 g/mol. The lowest BCUT2D eigenvalue weighted by molar-refractivity contribution is -0.385. The van der Waals surface area contributed by atoms with E-state index in [-0.39, 0.29) is 29.8 Å². The van der Waals surface area contributed by atoms with Crippen LogP contribution in [0.25, 0.3) is 0 Å². The smallest absolute Gasteiger partial charge is 0.338 e. The zero-order valence-electron chi connectivity index (χ0n) is 13.9. The lowest BCUT2D eigenvalue weighted by Gasteiger charge is -2.29. The van der Waals surface area contributed by atoms with Crippen LogP contribution in [0.5, 0.6) is 0 Å². The molecule has 130 valence electrons. The summed E-state index contributed by atoms with van der Waals surface area (Å²) in [5, 5.41) is 13.7. The van der Waals surface area contributed by atoms with Crippen molar-refractivity contribution in [3.05, 3.63) is 39.4 Å². The minimum atomic E-state index is -0.667. The molecule has 7 nitrogen and oxygen atoms in total. The van der Waals surface area contributed by atoms with Gasteiger partial charge in [-0.1, -0.05) is 19.8 Å². The minimum absolute atomic E-state index is 0.0596. The highest BCUT2D eigenvalue weighted by Crippen LogP contribution is 2.23. The first kappa shape index (κ1) is 17.9. The predicted octanol–water partition coefficient (Wildman–Crippen LogP) is 2.75. The van der Waals surface area contributed by atoms with Gasteiger partial charge in [-0.3, -0.25) is 14.9 Å². The molecule has 1 saturated carbocycles. The number of nitro groups is 1. The van der Waals surface area contributed by atoms with Gasteiger partial charge in [-0.2, -0.15) is 0 Å². The third-order valence-corrected chi connectivity index (χ3v) is 4.42. The van der Waals surface area contributed by atoms with E-state index < -0.39 is 10.9 Å². The monoisotopic (exact) mass is 334 g/mol. The molecule has 1 aromatic carbocycles. The standard InChI is InChI=1S/C17H22N2O5/c1-11-5-3-4-6-14(11)18-16(20)10-24-17(21)13-7-8-15(19(22)23)12(2)9-13/h7-9,11,14H,3-6,10H2,1-2H3,(H,18,20)/t11-,14-/m1/s1. The van der Waals surface area contributed by atoms with Crippen molar-refractivity contribution < 1.29 is 19.2 Å². The Morgan fingerprint density at radius 2 is 2.04 bits per heavy atom. The highest BCUT2D eigenvalue weighted by molar-refractivity contribution is 5.91. The summed E-state index contributed by atoms with van der Waals surface area (Å²) >= 11 is 0. The van der Waals surface area contributed by atoms with Crippen LogP contribution in [0, 0.1) is 23.0 Å². The van der Waals surface area contributed by atoms with E-state index in [1.165, 1.54) is 24.6 Å². The molecule has 0 radical (unpaired) electrons. The Morgan fingerprint density at radius 3 is 2.67 bits per heavy atom. The van der Waals surface area contributed by atoms with Gasteiger partial charge in [0, 0.05) is 17.7 Å². The van der Waals surface area contributed by atoms with E-state index >= 15 is 0 Å². The van der Waals surface area contributed by atoms with E-state index in [2.05, 4.69) is 12.2 Å². The molecule has 2 rings (SSSR count). The van der Waals surface area contributed by atoms with Crippen molar-refractivity contribution in [3.63, 3.8) is 0 Å². The molecule has 1 fully saturated rings. The number of ether oxygens (including phenoxy) is 1. The van der Waals surface area contributed by atoms with E-state index in [1.54, 1.807) is 6.92 Å². The fraction of sp³-hybridized carbons (Fsp3) is 0.529. The van der Waals surface area contributed by atoms with Crippen LogP contribution in [0.4, 0.5) is 5.69 Å². The second kappa shape index (κ2) is 7.90. The van der Waals surface area contributed by atoms with Gasteiger partial charge in [-0.15, -0.1) is 0 Å². The lowest BCUT2D eigenvalue weighted by Crippen LogP contribution is -2.42. The molecule has 1 N–H and O–H groups in total. The van der Waals surface area contributed by atoms with Crippen molar-refractivity contribution >= 4 is 17.6 Å². The van der Waals surface area contributed by atoms with Gasteiger partial charge in [-0.05, 0) is 37.8 Å². The molecule has 0 aromatic heterocycles. The van der Waals surface area contributed by atoms with Gasteiger partial charge in [0.1, 0.15) is 0 Å². The summed E-state index contributed by atoms with van der Waals surface area (Å²) in [4.78, 5) is 34.2. The summed E-state index contributed by atoms with van der Waals surface area (Å²) in [6, 6.07) is 4.11. The molecule has 0 heterocycles. The van der Waals surface area contributed by atoms with Crippen LogP contribution in [0.15, 0.2) is 18.2 Å². The largest absolute Gasteiger partial charge is 0.452 e. The van der Waals surface area contributed by atoms with Crippen LogP contribution in [-0.4, -0.2) is 29.4 Å². The fourth-order valence-electron chi connectivity index (χ4n) is 2.98. The number of benzene rings is 1. The highest BCUT2D eigenvalue weighted by Gasteiger charge is 2.23. The molecule has 0 aliphatic heterocycles. The summed E-state index contributed by atoms with van der Waals surface area (Å²) in [6.07, 6.45) is 4.31. The molecule has 1 aromatic rings. The van der Waals surface area contributed by atoms with Gasteiger partial charge in [-0.25, -0.2) is 4.79 Å². The van der Waals surface area contributed by atoms with Gasteiger partial charge in [0.05, 0.1) is 10.5 Å². The minimum Gasteiger partial charge on any atom is -0.452 e. The average Bonchev–Trinajstić information content (AvgIpc) is 2.54. The van der Waals surface area contributed by atoms with Crippen molar-refractivity contribution in [3.8, 4) is 0 Å². The molecule has 24 heavy (non-hydrogen) atoms. The number of hydrogen-bond acceptors (Lipinski definition) is 5. The zero-order valence-corrected chi connectivity index (χ0v) is 13.9. The van der Waals surface area contributed by atoms with Crippen molar-refractivity contribution in [2.75, 3.05) is 6.61 Å². The molecule has 0 bridgehead atoms. The summed E-state index contributed by atoms with van der Waals surface area (Å²) in [5.74, 6) is -0.559. The Morgan fingerprint density at radius 1 is 1.33 bits per heavy atom. The molecular formula is C17H22N2O5. The Labute approximate surface area is 140 Å². The first-order valence-corrected chi connectivity index (χ1v) is 8.10. The Bertz CT molecular complexity index is 644. The van der Waals surface area contributed by atoms with Gasteiger partial charge >= 0.3 is 5.97 Å². The van der Waals surface area contributed by atoms with Crippen LogP contribution in [0.2, 0.25) is 0 Å². The van der Waals surface area contributed by atoms with Crippen LogP contribution >= 0.6 is 0 Å². The third kappa shape index (κ3) is 4.53. The SMILES string of the molecule is Cc1cc(C(=O)OCC(=O)N[C@@H]2CCCC[C@H]2C)ccc1[N+](=O)[O-]. The number of carbonyl (C=O) groups excluding carboxylic acids is 2. The van der Waals surface area contributed by atoms with Gasteiger partial charge in [0.15, 0.2) is 6.61 Å². The molecule has 0 saturated heterocycles. The third-order valence-electron chi connectivity index (χ3n) is 4.42. The molecule has 0 spiro atoms. The van der Waals surface area contributed by atoms with Crippen LogP contribution in [0.3, 0.4) is 0 Å². The van der Waals surface area contributed by atoms with Crippen molar-refractivity contribution in [1.82, 2.24) is 5.32 Å². The molecule has 1 aliphatic carbocycles. The Balaban J connectivity index is 1.87. The fourth-order valence-corrected chi connectivity index (χ4v) is 2.98. The Kier molecular flexibility index (Phi) is 5.89. The van der Waals surface area contributed by atoms with E-state index in [0.717, 1.165) is 19.3 Å². The van der Waals surface area contributed by atoms with E-state index in [1.807, 2.05) is 0 Å². The molecule has 1 aliphatic rings. The number of rotatable bonds is 5. The molecule has 0 unspecified atom stereocenters. The maximum atomic E-state index is 12.0. The average molecular weight is 334 g/mol. The number of nitrogens with one attached hydrogen (secondary N) is 1. The summed E-state index contributed by atoms with van der Waals surface area (Å²) < 4.78 is 5.00. The zero-order chi connectivity index (χ0) is 17.7. The number of amides is 1. The lowest BCUT2D eigenvalue weighted by atomic mass is 9.86. The van der Waals surface area contributed by atoms with Crippen LogP contribution in [-0.2, 0) is 9.53 Å². The maximum absolute atomic E-state index is 12.0. The molecule has 1 amide bonds. The van der Waals surface area contributed by atoms with Crippen molar-refractivity contribution in [2.45, 2.75) is 45.6 Å². The number of nitro benzene ring substituents is 1. The first-order chi connectivity index (χ1) is 11.4. The van der Waals surface area contributed by atoms with Gasteiger partial charge in [0.2, 0.25) is 0 Å².